The summed E-state index contributed by atoms with van der Waals surface area (Å²) < 4.78 is 4.72. The normalized spacial score (nSPS) is 11.0. The fraction of sp³-hybridized carbons (Fsp3) is 0.0652. The summed E-state index contributed by atoms with van der Waals surface area (Å²) in [5, 5.41) is 1.14. The molecule has 0 atom stereocenters. The third-order valence-electron chi connectivity index (χ3n) is 9.20. The highest BCUT2D eigenvalue weighted by Gasteiger charge is 2.17. The maximum absolute atomic E-state index is 5.87. The first kappa shape index (κ1) is 31.5. The van der Waals surface area contributed by atoms with Crippen molar-refractivity contribution < 1.29 is 0 Å². The molecule has 0 saturated heterocycles. The van der Waals surface area contributed by atoms with Crippen LogP contribution in [0, 0.1) is 19.3 Å². The Hall–Kier alpha value is -6.77. The summed E-state index contributed by atoms with van der Waals surface area (Å²) in [5.41, 5.74) is 10.4. The van der Waals surface area contributed by atoms with Gasteiger partial charge in [0.25, 0.3) is 0 Å². The van der Waals surface area contributed by atoms with E-state index in [-0.39, 0.29) is 0 Å². The van der Waals surface area contributed by atoms with Crippen LogP contribution < -0.4 is 0 Å². The average Bonchev–Trinajstić information content (AvgIpc) is 3.20. The van der Waals surface area contributed by atoms with Crippen molar-refractivity contribution >= 4 is 21.9 Å². The van der Waals surface area contributed by atoms with Gasteiger partial charge in [-0.15, -0.1) is 12.3 Å². The molecule has 0 unspecified atom stereocenters. The molecule has 0 aliphatic carbocycles. The zero-order valence-electron chi connectivity index (χ0n) is 28.3. The molecule has 51 heavy (non-hydrogen) atoms. The van der Waals surface area contributed by atoms with E-state index in [1.807, 2.05) is 60.7 Å². The number of aryl methyl sites for hydroxylation is 1. The highest BCUT2D eigenvalue weighted by molar-refractivity contribution is 5.91. The third kappa shape index (κ3) is 6.16. The van der Waals surface area contributed by atoms with Crippen LogP contribution in [0.4, 0.5) is 0 Å². The molecule has 244 valence electrons. The molecular formula is C46H35N5. The average molecular weight is 658 g/mol. The molecule has 2 heterocycles. The van der Waals surface area contributed by atoms with Crippen LogP contribution in [0.5, 0.6) is 0 Å². The largest absolute Gasteiger partial charge is 0.312 e. The number of nitrogens with zero attached hydrogens (tertiary/aromatic N) is 5. The van der Waals surface area contributed by atoms with Crippen LogP contribution in [0.2, 0.25) is 0 Å². The quantitative estimate of drug-likeness (QED) is 0.160. The highest BCUT2D eigenvalue weighted by atomic mass is 15.1. The molecule has 5 heteroatoms. The van der Waals surface area contributed by atoms with Crippen LogP contribution in [0.15, 0.2) is 164 Å². The SMILES string of the molecule is C#CCCc1c(C)c2ccccc2n(-c2cccc(-c3nc(-c4ccccc4)nc(-c4ccccc4)n3)c2)c2ccccc2n1-c1ccccc1. The van der Waals surface area contributed by atoms with Crippen LogP contribution in [-0.4, -0.2) is 24.1 Å². The number of fused-ring (bicyclic) bond motifs is 2. The van der Waals surface area contributed by atoms with Crippen molar-refractivity contribution in [1.29, 1.82) is 0 Å². The lowest BCUT2D eigenvalue weighted by Gasteiger charge is -2.22. The lowest BCUT2D eigenvalue weighted by molar-refractivity contribution is 0.887. The molecule has 0 bridgehead atoms. The van der Waals surface area contributed by atoms with Gasteiger partial charge in [0.05, 0.1) is 16.6 Å². The Kier molecular flexibility index (Phi) is 8.64. The minimum absolute atomic E-state index is 0.608. The zero-order chi connectivity index (χ0) is 34.6. The first-order valence-corrected chi connectivity index (χ1v) is 17.1. The van der Waals surface area contributed by atoms with Gasteiger partial charge in [-0.25, -0.2) is 15.0 Å². The van der Waals surface area contributed by atoms with Crippen molar-refractivity contribution in [2.45, 2.75) is 19.8 Å². The minimum Gasteiger partial charge on any atom is -0.312 e. The summed E-state index contributed by atoms with van der Waals surface area (Å²) in [7, 11) is 0. The molecule has 0 fully saturated rings. The van der Waals surface area contributed by atoms with Crippen LogP contribution in [0.1, 0.15) is 17.7 Å². The molecule has 8 rings (SSSR count). The number of aromatic nitrogens is 5. The number of para-hydroxylation sites is 4. The first-order chi connectivity index (χ1) is 25.2. The molecule has 0 radical (unpaired) electrons. The molecule has 6 aromatic carbocycles. The van der Waals surface area contributed by atoms with E-state index in [9.17, 15) is 0 Å². The van der Waals surface area contributed by atoms with Crippen LogP contribution in [0.3, 0.4) is 0 Å². The maximum Gasteiger partial charge on any atom is 0.164 e. The summed E-state index contributed by atoms with van der Waals surface area (Å²) in [6.07, 6.45) is 7.24. The Bertz CT molecular complexity index is 2540. The van der Waals surface area contributed by atoms with E-state index >= 15 is 0 Å². The van der Waals surface area contributed by atoms with Gasteiger partial charge in [0.2, 0.25) is 0 Å². The Morgan fingerprint density at radius 3 is 1.57 bits per heavy atom. The molecule has 2 aromatic heterocycles. The van der Waals surface area contributed by atoms with Crippen molar-refractivity contribution in [3.8, 4) is 57.9 Å². The molecule has 0 N–H and O–H groups in total. The highest BCUT2D eigenvalue weighted by Crippen LogP contribution is 2.32. The first-order valence-electron chi connectivity index (χ1n) is 17.1. The third-order valence-corrected chi connectivity index (χ3v) is 9.20. The van der Waals surface area contributed by atoms with Gasteiger partial charge in [-0.3, -0.25) is 0 Å². The fourth-order valence-corrected chi connectivity index (χ4v) is 6.79. The molecule has 0 spiro atoms. The molecule has 5 nitrogen and oxygen atoms in total. The van der Waals surface area contributed by atoms with Crippen LogP contribution in [-0.2, 0) is 6.42 Å². The van der Waals surface area contributed by atoms with Gasteiger partial charge >= 0.3 is 0 Å². The monoisotopic (exact) mass is 657 g/mol. The van der Waals surface area contributed by atoms with Crippen molar-refractivity contribution in [1.82, 2.24) is 24.1 Å². The van der Waals surface area contributed by atoms with Gasteiger partial charge in [-0.1, -0.05) is 121 Å². The molecule has 0 aliphatic heterocycles. The Morgan fingerprint density at radius 2 is 0.961 bits per heavy atom. The van der Waals surface area contributed by atoms with Gasteiger partial charge in [0.1, 0.15) is 0 Å². The minimum atomic E-state index is 0.608. The second-order valence-corrected chi connectivity index (χ2v) is 12.4. The molecule has 8 aromatic rings. The lowest BCUT2D eigenvalue weighted by atomic mass is 10.0. The Morgan fingerprint density at radius 1 is 0.490 bits per heavy atom. The standard InChI is InChI=1S/C46H35N5/c1-3-4-28-40-33(2)39-27-14-15-29-41(39)51(43-31-17-16-30-42(43)50(40)37-24-12-7-13-25-37)38-26-18-23-36(32-38)46-48-44(34-19-8-5-9-20-34)47-45(49-46)35-21-10-6-11-22-35/h1,5-27,29-32H,4,28H2,2H3. The van der Waals surface area contributed by atoms with Crippen molar-refractivity contribution in [2.24, 2.45) is 0 Å². The van der Waals surface area contributed by atoms with E-state index in [2.05, 4.69) is 125 Å². The van der Waals surface area contributed by atoms with Gasteiger partial charge < -0.3 is 9.13 Å². The molecule has 0 saturated carbocycles. The summed E-state index contributed by atoms with van der Waals surface area (Å²) in [6, 6.07) is 56.4. The number of hydrogen-bond acceptors (Lipinski definition) is 3. The lowest BCUT2D eigenvalue weighted by Crippen LogP contribution is -2.10. The smallest absolute Gasteiger partial charge is 0.164 e. The second-order valence-electron chi connectivity index (χ2n) is 12.4. The fourth-order valence-electron chi connectivity index (χ4n) is 6.79. The van der Waals surface area contributed by atoms with Crippen LogP contribution in [0.25, 0.3) is 67.5 Å². The maximum atomic E-state index is 5.87. The molecule has 0 amide bonds. The van der Waals surface area contributed by atoms with Gasteiger partial charge in [-0.2, -0.15) is 0 Å². The van der Waals surface area contributed by atoms with Crippen LogP contribution >= 0.6 is 0 Å². The number of benzene rings is 6. The molecule has 0 aliphatic rings. The number of terminal acetylenes is 1. The van der Waals surface area contributed by atoms with E-state index in [4.69, 9.17) is 21.4 Å². The van der Waals surface area contributed by atoms with Crippen molar-refractivity contribution in [3.05, 3.63) is 175 Å². The van der Waals surface area contributed by atoms with Gasteiger partial charge in [-0.05, 0) is 61.4 Å². The van der Waals surface area contributed by atoms with Gasteiger partial charge in [0, 0.05) is 45.6 Å². The van der Waals surface area contributed by atoms with E-state index in [0.29, 0.717) is 23.9 Å². The van der Waals surface area contributed by atoms with E-state index in [0.717, 1.165) is 56.4 Å². The molecular weight excluding hydrogens is 623 g/mol. The summed E-state index contributed by atoms with van der Waals surface area (Å²) >= 11 is 0. The number of hydrogen-bond donors (Lipinski definition) is 0. The summed E-state index contributed by atoms with van der Waals surface area (Å²) in [4.78, 5) is 15.0. The summed E-state index contributed by atoms with van der Waals surface area (Å²) in [6.45, 7) is 2.21. The van der Waals surface area contributed by atoms with Gasteiger partial charge in [0.15, 0.2) is 17.5 Å². The zero-order valence-corrected chi connectivity index (χ0v) is 28.3. The Labute approximate surface area is 297 Å². The van der Waals surface area contributed by atoms with E-state index in [1.165, 1.54) is 11.3 Å². The van der Waals surface area contributed by atoms with E-state index in [1.54, 1.807) is 0 Å². The predicted molar refractivity (Wildman–Crippen MR) is 209 cm³/mol. The van der Waals surface area contributed by atoms with Crippen molar-refractivity contribution in [2.75, 3.05) is 0 Å². The second kappa shape index (κ2) is 14.0. The van der Waals surface area contributed by atoms with E-state index < -0.39 is 0 Å². The Balaban J connectivity index is 1.43. The number of rotatable bonds is 7. The van der Waals surface area contributed by atoms with Crippen molar-refractivity contribution in [3.63, 3.8) is 0 Å². The topological polar surface area (TPSA) is 48.5 Å². The predicted octanol–water partition coefficient (Wildman–Crippen LogP) is 10.8. The summed E-state index contributed by atoms with van der Waals surface area (Å²) in [5.74, 6) is 4.76.